The highest BCUT2D eigenvalue weighted by Crippen LogP contribution is 2.26. The molecule has 0 aliphatic rings. The van der Waals surface area contributed by atoms with Crippen LogP contribution in [0.1, 0.15) is 42.2 Å². The Kier molecular flexibility index (Phi) is 5.07. The lowest BCUT2D eigenvalue weighted by atomic mass is 10.1. The van der Waals surface area contributed by atoms with Gasteiger partial charge in [0.1, 0.15) is 11.3 Å². The SMILES string of the molecule is CCCn1c(=O)c(C(=O)N[C@@H](C)c2ccccc2)c(O)c2ccccc21. The zero-order chi connectivity index (χ0) is 18.7. The van der Waals surface area contributed by atoms with Crippen LogP contribution in [0.4, 0.5) is 0 Å². The van der Waals surface area contributed by atoms with Crippen LogP contribution in [-0.4, -0.2) is 15.6 Å². The second-order valence-corrected chi connectivity index (χ2v) is 6.30. The van der Waals surface area contributed by atoms with Crippen LogP contribution in [0.15, 0.2) is 59.4 Å². The number of carbonyl (C=O) groups excluding carboxylic acids is 1. The average molecular weight is 350 g/mol. The smallest absolute Gasteiger partial charge is 0.267 e. The molecule has 5 heteroatoms. The summed E-state index contributed by atoms with van der Waals surface area (Å²) < 4.78 is 1.55. The number of aromatic hydroxyl groups is 1. The Balaban J connectivity index is 2.06. The van der Waals surface area contributed by atoms with E-state index in [2.05, 4.69) is 5.32 Å². The van der Waals surface area contributed by atoms with Crippen molar-refractivity contribution >= 4 is 16.8 Å². The molecule has 26 heavy (non-hydrogen) atoms. The fraction of sp³-hybridized carbons (Fsp3) is 0.238. The number of nitrogens with zero attached hydrogens (tertiary/aromatic N) is 1. The van der Waals surface area contributed by atoms with Crippen LogP contribution in [0.25, 0.3) is 10.9 Å². The second-order valence-electron chi connectivity index (χ2n) is 6.30. The van der Waals surface area contributed by atoms with Crippen molar-refractivity contribution in [1.82, 2.24) is 9.88 Å². The maximum absolute atomic E-state index is 12.9. The maximum Gasteiger partial charge on any atom is 0.267 e. The minimum absolute atomic E-state index is 0.208. The van der Waals surface area contributed by atoms with E-state index in [0.717, 1.165) is 12.0 Å². The first kappa shape index (κ1) is 17.7. The number of pyridine rings is 1. The van der Waals surface area contributed by atoms with Crippen molar-refractivity contribution in [3.05, 3.63) is 76.1 Å². The summed E-state index contributed by atoms with van der Waals surface area (Å²) >= 11 is 0. The van der Waals surface area contributed by atoms with Gasteiger partial charge in [0.25, 0.3) is 11.5 Å². The number of hydrogen-bond donors (Lipinski definition) is 2. The molecule has 0 unspecified atom stereocenters. The lowest BCUT2D eigenvalue weighted by Gasteiger charge is -2.17. The van der Waals surface area contributed by atoms with Crippen molar-refractivity contribution in [2.75, 3.05) is 0 Å². The lowest BCUT2D eigenvalue weighted by Crippen LogP contribution is -2.34. The molecule has 0 bridgehead atoms. The molecule has 1 aromatic heterocycles. The predicted molar refractivity (Wildman–Crippen MR) is 102 cm³/mol. The van der Waals surface area contributed by atoms with Crippen molar-refractivity contribution in [2.45, 2.75) is 32.9 Å². The highest BCUT2D eigenvalue weighted by atomic mass is 16.3. The zero-order valence-electron chi connectivity index (χ0n) is 14.9. The van der Waals surface area contributed by atoms with Crippen molar-refractivity contribution in [1.29, 1.82) is 0 Å². The van der Waals surface area contributed by atoms with Gasteiger partial charge in [0.2, 0.25) is 0 Å². The van der Waals surface area contributed by atoms with Gasteiger partial charge in [-0.3, -0.25) is 9.59 Å². The topological polar surface area (TPSA) is 71.3 Å². The minimum Gasteiger partial charge on any atom is -0.506 e. The van der Waals surface area contributed by atoms with Crippen LogP contribution in [0.3, 0.4) is 0 Å². The molecule has 0 radical (unpaired) electrons. The van der Waals surface area contributed by atoms with Gasteiger partial charge in [0, 0.05) is 11.9 Å². The molecule has 1 heterocycles. The molecule has 0 saturated carbocycles. The van der Waals surface area contributed by atoms with E-state index in [9.17, 15) is 14.7 Å². The lowest BCUT2D eigenvalue weighted by molar-refractivity contribution is 0.0935. The molecule has 5 nitrogen and oxygen atoms in total. The molecule has 3 aromatic rings. The summed E-state index contributed by atoms with van der Waals surface area (Å²) in [7, 11) is 0. The number of benzene rings is 2. The second kappa shape index (κ2) is 7.44. The largest absolute Gasteiger partial charge is 0.506 e. The Morgan fingerprint density at radius 2 is 1.77 bits per heavy atom. The third-order valence-corrected chi connectivity index (χ3v) is 4.47. The number of para-hydroxylation sites is 1. The monoisotopic (exact) mass is 350 g/mol. The fourth-order valence-electron chi connectivity index (χ4n) is 3.13. The number of amides is 1. The molecule has 0 aliphatic carbocycles. The van der Waals surface area contributed by atoms with Gasteiger partial charge in [-0.15, -0.1) is 0 Å². The van der Waals surface area contributed by atoms with Gasteiger partial charge >= 0.3 is 0 Å². The summed E-state index contributed by atoms with van der Waals surface area (Å²) in [5.74, 6) is -0.838. The van der Waals surface area contributed by atoms with Gasteiger partial charge in [-0.25, -0.2) is 0 Å². The Hall–Kier alpha value is -3.08. The minimum atomic E-state index is -0.570. The van der Waals surface area contributed by atoms with E-state index in [0.29, 0.717) is 17.4 Å². The first-order valence-corrected chi connectivity index (χ1v) is 8.75. The standard InChI is InChI=1S/C21H22N2O3/c1-3-13-23-17-12-8-7-11-16(17)19(24)18(21(23)26)20(25)22-14(2)15-9-5-4-6-10-15/h4-12,14,24H,3,13H2,1-2H3,(H,22,25)/t14-/m0/s1. The Morgan fingerprint density at radius 1 is 1.12 bits per heavy atom. The molecule has 0 saturated heterocycles. The maximum atomic E-state index is 12.9. The first-order chi connectivity index (χ1) is 12.5. The summed E-state index contributed by atoms with van der Waals surface area (Å²) in [6.45, 7) is 4.29. The van der Waals surface area contributed by atoms with E-state index < -0.39 is 11.5 Å². The van der Waals surface area contributed by atoms with Crippen LogP contribution < -0.4 is 10.9 Å². The number of aromatic nitrogens is 1. The zero-order valence-corrected chi connectivity index (χ0v) is 14.9. The molecule has 1 amide bonds. The predicted octanol–water partition coefficient (Wildman–Crippen LogP) is 3.61. The number of fused-ring (bicyclic) bond motifs is 1. The van der Waals surface area contributed by atoms with Gasteiger partial charge in [-0.1, -0.05) is 49.4 Å². The third kappa shape index (κ3) is 3.20. The van der Waals surface area contributed by atoms with Crippen LogP contribution >= 0.6 is 0 Å². The highest BCUT2D eigenvalue weighted by Gasteiger charge is 2.23. The number of aryl methyl sites for hydroxylation is 1. The third-order valence-electron chi connectivity index (χ3n) is 4.47. The fourth-order valence-corrected chi connectivity index (χ4v) is 3.13. The van der Waals surface area contributed by atoms with Crippen molar-refractivity contribution in [3.63, 3.8) is 0 Å². The summed E-state index contributed by atoms with van der Waals surface area (Å²) in [4.78, 5) is 25.7. The molecule has 0 fully saturated rings. The summed E-state index contributed by atoms with van der Waals surface area (Å²) in [6, 6.07) is 16.3. The van der Waals surface area contributed by atoms with E-state index in [4.69, 9.17) is 0 Å². The number of carbonyl (C=O) groups is 1. The summed E-state index contributed by atoms with van der Waals surface area (Å²) in [5, 5.41) is 13.9. The van der Waals surface area contributed by atoms with Crippen molar-refractivity contribution in [2.24, 2.45) is 0 Å². The molecular weight excluding hydrogens is 328 g/mol. The molecule has 134 valence electrons. The normalized spacial score (nSPS) is 12.1. The van der Waals surface area contributed by atoms with E-state index in [-0.39, 0.29) is 17.4 Å². The number of hydrogen-bond acceptors (Lipinski definition) is 3. The van der Waals surface area contributed by atoms with Crippen LogP contribution in [-0.2, 0) is 6.54 Å². The average Bonchev–Trinajstić information content (AvgIpc) is 2.66. The molecule has 2 aromatic carbocycles. The first-order valence-electron chi connectivity index (χ1n) is 8.75. The van der Waals surface area contributed by atoms with Crippen LogP contribution in [0, 0.1) is 0 Å². The molecule has 0 aliphatic heterocycles. The number of nitrogens with one attached hydrogen (secondary N) is 1. The van der Waals surface area contributed by atoms with Crippen LogP contribution in [0.2, 0.25) is 0 Å². The van der Waals surface area contributed by atoms with Gasteiger partial charge in [-0.05, 0) is 31.0 Å². The van der Waals surface area contributed by atoms with Crippen molar-refractivity contribution in [3.8, 4) is 5.75 Å². The van der Waals surface area contributed by atoms with E-state index in [1.807, 2.05) is 50.2 Å². The Labute approximate surface area is 151 Å². The van der Waals surface area contributed by atoms with Gasteiger partial charge in [0.15, 0.2) is 0 Å². The van der Waals surface area contributed by atoms with E-state index in [1.165, 1.54) is 0 Å². The van der Waals surface area contributed by atoms with Gasteiger partial charge < -0.3 is 15.0 Å². The van der Waals surface area contributed by atoms with Gasteiger partial charge in [0.05, 0.1) is 11.6 Å². The molecule has 3 rings (SSSR count). The van der Waals surface area contributed by atoms with E-state index >= 15 is 0 Å². The highest BCUT2D eigenvalue weighted by molar-refractivity contribution is 6.02. The molecule has 2 N–H and O–H groups in total. The Morgan fingerprint density at radius 3 is 2.46 bits per heavy atom. The van der Waals surface area contributed by atoms with Crippen LogP contribution in [0.5, 0.6) is 5.75 Å². The Bertz CT molecular complexity index is 993. The molecule has 0 spiro atoms. The van der Waals surface area contributed by atoms with Gasteiger partial charge in [-0.2, -0.15) is 0 Å². The number of rotatable bonds is 5. The summed E-state index contributed by atoms with van der Waals surface area (Å²) in [5.41, 5.74) is 0.875. The molecular formula is C21H22N2O3. The molecule has 1 atom stereocenters. The van der Waals surface area contributed by atoms with Crippen molar-refractivity contribution < 1.29 is 9.90 Å². The van der Waals surface area contributed by atoms with E-state index in [1.54, 1.807) is 22.8 Å². The summed E-state index contributed by atoms with van der Waals surface area (Å²) in [6.07, 6.45) is 0.746. The quantitative estimate of drug-likeness (QED) is 0.738.